The van der Waals surface area contributed by atoms with Gasteiger partial charge in [0.05, 0.1) is 5.69 Å². The number of amides is 1. The van der Waals surface area contributed by atoms with Gasteiger partial charge in [0.1, 0.15) is 15.1 Å². The lowest BCUT2D eigenvalue weighted by molar-refractivity contribution is 0.0203. The summed E-state index contributed by atoms with van der Waals surface area (Å²) in [4.78, 5) is 21.7. The van der Waals surface area contributed by atoms with Gasteiger partial charge < -0.3 is 14.6 Å². The molecule has 1 aliphatic rings. The molecule has 0 radical (unpaired) electrons. The second kappa shape index (κ2) is 5.91. The number of imidazole rings is 1. The van der Waals surface area contributed by atoms with Crippen molar-refractivity contribution in [1.82, 2.24) is 14.9 Å². The van der Waals surface area contributed by atoms with Crippen molar-refractivity contribution in [2.75, 3.05) is 13.1 Å². The number of nitrogens with one attached hydrogen (secondary N) is 1. The molecule has 1 N–H and O–H groups in total. The summed E-state index contributed by atoms with van der Waals surface area (Å²) in [6.07, 6.45) is 1.66. The van der Waals surface area contributed by atoms with Crippen LogP contribution in [0.1, 0.15) is 51.0 Å². The highest BCUT2D eigenvalue weighted by Crippen LogP contribution is 2.27. The van der Waals surface area contributed by atoms with Crippen LogP contribution in [-0.2, 0) is 4.74 Å². The largest absolute Gasteiger partial charge is 0.444 e. The SMILES string of the molecule is Cc1nc(C2CCN(C(=O)OC(C)(C)C)CC2)[nH]c1I. The van der Waals surface area contributed by atoms with Crippen molar-refractivity contribution >= 4 is 28.7 Å². The highest BCUT2D eigenvalue weighted by molar-refractivity contribution is 14.1. The van der Waals surface area contributed by atoms with E-state index < -0.39 is 5.60 Å². The van der Waals surface area contributed by atoms with E-state index in [1.165, 1.54) is 0 Å². The molecule has 0 unspecified atom stereocenters. The molecule has 2 heterocycles. The molecule has 0 spiro atoms. The number of ether oxygens (including phenoxy) is 1. The molecule has 1 aromatic rings. The van der Waals surface area contributed by atoms with Gasteiger partial charge in [0, 0.05) is 19.0 Å². The van der Waals surface area contributed by atoms with E-state index in [4.69, 9.17) is 4.74 Å². The van der Waals surface area contributed by atoms with Crippen molar-refractivity contribution in [3.8, 4) is 0 Å². The van der Waals surface area contributed by atoms with Gasteiger partial charge in [-0.25, -0.2) is 9.78 Å². The summed E-state index contributed by atoms with van der Waals surface area (Å²) < 4.78 is 6.51. The number of likely N-dealkylation sites (tertiary alicyclic amines) is 1. The minimum absolute atomic E-state index is 0.207. The summed E-state index contributed by atoms with van der Waals surface area (Å²) in [5, 5.41) is 0. The fourth-order valence-electron chi connectivity index (χ4n) is 2.32. The fraction of sp³-hybridized carbons (Fsp3) is 0.714. The van der Waals surface area contributed by atoms with Crippen molar-refractivity contribution in [2.24, 2.45) is 0 Å². The van der Waals surface area contributed by atoms with E-state index in [2.05, 4.69) is 32.6 Å². The van der Waals surface area contributed by atoms with Gasteiger partial charge in [-0.3, -0.25) is 0 Å². The lowest BCUT2D eigenvalue weighted by Crippen LogP contribution is -2.41. The molecule has 1 fully saturated rings. The number of hydrogen-bond acceptors (Lipinski definition) is 3. The third-order valence-electron chi connectivity index (χ3n) is 3.38. The molecular weight excluding hydrogens is 369 g/mol. The molecule has 0 aliphatic carbocycles. The van der Waals surface area contributed by atoms with Gasteiger partial charge in [-0.05, 0) is 63.1 Å². The number of halogens is 1. The van der Waals surface area contributed by atoms with Crippen molar-refractivity contribution in [2.45, 2.75) is 52.1 Å². The summed E-state index contributed by atoms with van der Waals surface area (Å²) in [7, 11) is 0. The third kappa shape index (κ3) is 3.86. The Morgan fingerprint density at radius 3 is 2.45 bits per heavy atom. The first-order chi connectivity index (χ1) is 9.26. The number of carbonyl (C=O) groups is 1. The molecule has 1 saturated heterocycles. The lowest BCUT2D eigenvalue weighted by atomic mass is 9.96. The molecule has 112 valence electrons. The van der Waals surface area contributed by atoms with E-state index in [1.54, 1.807) is 4.90 Å². The maximum absolute atomic E-state index is 12.0. The summed E-state index contributed by atoms with van der Waals surface area (Å²) in [5.74, 6) is 1.46. The monoisotopic (exact) mass is 391 g/mol. The predicted molar refractivity (Wildman–Crippen MR) is 85.8 cm³/mol. The Balaban J connectivity index is 1.91. The number of carbonyl (C=O) groups excluding carboxylic acids is 1. The number of nitrogens with zero attached hydrogens (tertiary/aromatic N) is 2. The first-order valence-corrected chi connectivity index (χ1v) is 8.04. The molecule has 1 aliphatic heterocycles. The molecule has 5 nitrogen and oxygen atoms in total. The zero-order valence-electron chi connectivity index (χ0n) is 12.5. The van der Waals surface area contributed by atoms with Gasteiger partial charge in [0.15, 0.2) is 0 Å². The number of hydrogen-bond donors (Lipinski definition) is 1. The molecular formula is C14H22IN3O2. The average Bonchev–Trinajstić information content (AvgIpc) is 2.68. The van der Waals surface area contributed by atoms with Crippen LogP contribution in [0.2, 0.25) is 0 Å². The minimum Gasteiger partial charge on any atom is -0.444 e. The van der Waals surface area contributed by atoms with Gasteiger partial charge in [0.2, 0.25) is 0 Å². The van der Waals surface area contributed by atoms with Crippen LogP contribution in [-0.4, -0.2) is 39.7 Å². The molecule has 0 saturated carbocycles. The van der Waals surface area contributed by atoms with E-state index in [0.29, 0.717) is 5.92 Å². The Bertz CT molecular complexity index is 466. The molecule has 1 amide bonds. The van der Waals surface area contributed by atoms with E-state index in [0.717, 1.165) is 41.2 Å². The topological polar surface area (TPSA) is 58.2 Å². The Morgan fingerprint density at radius 1 is 1.40 bits per heavy atom. The number of aryl methyl sites for hydroxylation is 1. The van der Waals surface area contributed by atoms with Crippen LogP contribution >= 0.6 is 22.6 Å². The number of piperidine rings is 1. The maximum Gasteiger partial charge on any atom is 0.410 e. The van der Waals surface area contributed by atoms with Gasteiger partial charge >= 0.3 is 6.09 Å². The molecule has 0 bridgehead atoms. The number of H-pyrrole nitrogens is 1. The molecule has 0 aromatic carbocycles. The summed E-state index contributed by atoms with van der Waals surface area (Å²) in [6, 6.07) is 0. The van der Waals surface area contributed by atoms with Crippen LogP contribution in [0.25, 0.3) is 0 Å². The molecule has 0 atom stereocenters. The van der Waals surface area contributed by atoms with Crippen LogP contribution in [0.5, 0.6) is 0 Å². The first kappa shape index (κ1) is 15.6. The first-order valence-electron chi connectivity index (χ1n) is 6.96. The van der Waals surface area contributed by atoms with Gasteiger partial charge in [-0.1, -0.05) is 0 Å². The van der Waals surface area contributed by atoms with Crippen LogP contribution < -0.4 is 0 Å². The lowest BCUT2D eigenvalue weighted by Gasteiger charge is -2.32. The Morgan fingerprint density at radius 2 is 2.00 bits per heavy atom. The summed E-state index contributed by atoms with van der Waals surface area (Å²) in [6.45, 7) is 9.16. The zero-order valence-corrected chi connectivity index (χ0v) is 14.7. The van der Waals surface area contributed by atoms with Gasteiger partial charge in [-0.15, -0.1) is 0 Å². The standard InChI is InChI=1S/C14H22IN3O2/c1-9-11(15)17-12(16-9)10-5-7-18(8-6-10)13(19)20-14(2,3)4/h10H,5-8H2,1-4H3,(H,16,17). The van der Waals surface area contributed by atoms with E-state index >= 15 is 0 Å². The third-order valence-corrected chi connectivity index (χ3v) is 4.43. The van der Waals surface area contributed by atoms with Crippen molar-refractivity contribution in [3.05, 3.63) is 15.2 Å². The van der Waals surface area contributed by atoms with E-state index in [9.17, 15) is 4.79 Å². The Labute approximate surface area is 133 Å². The number of rotatable bonds is 1. The predicted octanol–water partition coefficient (Wildman–Crippen LogP) is 3.44. The molecule has 6 heteroatoms. The van der Waals surface area contributed by atoms with Crippen LogP contribution in [0.4, 0.5) is 4.79 Å². The Hall–Kier alpha value is -0.790. The summed E-state index contributed by atoms with van der Waals surface area (Å²) in [5.41, 5.74) is 0.623. The minimum atomic E-state index is -0.428. The van der Waals surface area contributed by atoms with Crippen molar-refractivity contribution in [1.29, 1.82) is 0 Å². The number of aromatic amines is 1. The van der Waals surface area contributed by atoms with E-state index in [-0.39, 0.29) is 6.09 Å². The van der Waals surface area contributed by atoms with Gasteiger partial charge in [-0.2, -0.15) is 0 Å². The smallest absolute Gasteiger partial charge is 0.410 e. The number of aromatic nitrogens is 2. The molecule has 20 heavy (non-hydrogen) atoms. The van der Waals surface area contributed by atoms with E-state index in [1.807, 2.05) is 27.7 Å². The van der Waals surface area contributed by atoms with Crippen LogP contribution in [0, 0.1) is 10.6 Å². The van der Waals surface area contributed by atoms with Gasteiger partial charge in [0.25, 0.3) is 0 Å². The normalized spacial score (nSPS) is 17.4. The molecule has 2 rings (SSSR count). The van der Waals surface area contributed by atoms with Crippen LogP contribution in [0.15, 0.2) is 0 Å². The Kier molecular flexibility index (Phi) is 4.61. The second-order valence-electron chi connectivity index (χ2n) is 6.26. The van der Waals surface area contributed by atoms with Crippen molar-refractivity contribution in [3.63, 3.8) is 0 Å². The highest BCUT2D eigenvalue weighted by atomic mass is 127. The fourth-order valence-corrected chi connectivity index (χ4v) is 2.71. The molecule has 1 aromatic heterocycles. The quantitative estimate of drug-likeness (QED) is 0.747. The summed E-state index contributed by atoms with van der Waals surface area (Å²) >= 11 is 2.27. The maximum atomic E-state index is 12.0. The second-order valence-corrected chi connectivity index (χ2v) is 7.34. The highest BCUT2D eigenvalue weighted by Gasteiger charge is 2.28. The van der Waals surface area contributed by atoms with Crippen LogP contribution in [0.3, 0.4) is 0 Å². The van der Waals surface area contributed by atoms with Crippen molar-refractivity contribution < 1.29 is 9.53 Å². The zero-order chi connectivity index (χ0) is 14.9. The average molecular weight is 391 g/mol.